The zero-order chi connectivity index (χ0) is 25.9. The first-order valence-electron chi connectivity index (χ1n) is 11.8. The predicted octanol–water partition coefficient (Wildman–Crippen LogP) is 3.40. The number of fused-ring (bicyclic) bond motifs is 2. The van der Waals surface area contributed by atoms with Crippen LogP contribution in [-0.4, -0.2) is 71.1 Å². The lowest BCUT2D eigenvalue weighted by molar-refractivity contribution is -0.917. The van der Waals surface area contributed by atoms with Gasteiger partial charge in [0, 0.05) is 6.42 Å². The van der Waals surface area contributed by atoms with E-state index in [4.69, 9.17) is 28.4 Å². The fraction of sp³-hybridized carbons (Fsp3) is 0.407. The largest absolute Gasteiger partial charge is 0.493 e. The Morgan fingerprint density at radius 1 is 1.06 bits per heavy atom. The lowest BCUT2D eigenvalue weighted by atomic mass is 9.89. The molecule has 0 bridgehead atoms. The van der Waals surface area contributed by atoms with Crippen molar-refractivity contribution in [1.82, 2.24) is 0 Å². The van der Waals surface area contributed by atoms with Gasteiger partial charge in [0.25, 0.3) is 0 Å². The summed E-state index contributed by atoms with van der Waals surface area (Å²) in [5.74, 6) is 2.11. The summed E-state index contributed by atoms with van der Waals surface area (Å²) in [5.41, 5.74) is 2.97. The molecule has 1 atom stereocenters. The predicted molar refractivity (Wildman–Crippen MR) is 132 cm³/mol. The topological polar surface area (TPSA) is 89.5 Å². The van der Waals surface area contributed by atoms with Gasteiger partial charge in [-0.3, -0.25) is 4.79 Å². The van der Waals surface area contributed by atoms with Crippen LogP contribution >= 0.6 is 0 Å². The Labute approximate surface area is 210 Å². The molecule has 9 heteroatoms. The summed E-state index contributed by atoms with van der Waals surface area (Å²) in [4.78, 5) is 25.6. The number of ether oxygens (including phenoxy) is 6. The average Bonchev–Trinajstić information content (AvgIpc) is 3.35. The number of esters is 1. The number of quaternary nitrogens is 1. The van der Waals surface area contributed by atoms with Crippen molar-refractivity contribution >= 4 is 17.8 Å². The van der Waals surface area contributed by atoms with E-state index in [0.717, 1.165) is 16.7 Å². The molecule has 36 heavy (non-hydrogen) atoms. The van der Waals surface area contributed by atoms with Gasteiger partial charge in [-0.15, -0.1) is 0 Å². The lowest BCUT2D eigenvalue weighted by Crippen LogP contribution is -2.51. The Balaban J connectivity index is 1.72. The first-order valence-corrected chi connectivity index (χ1v) is 11.8. The van der Waals surface area contributed by atoms with Gasteiger partial charge in [-0.05, 0) is 36.3 Å². The zero-order valence-electron chi connectivity index (χ0n) is 21.3. The second-order valence-corrected chi connectivity index (χ2v) is 8.96. The van der Waals surface area contributed by atoms with Gasteiger partial charge in [0.1, 0.15) is 6.54 Å². The standard InChI is InChI=1S/C27H32NO8/c1-6-34-21-10-8-17(13-22(21)31-3)7-9-20(29)24-18-11-12-28(2,15-23(30)32-4)14-19(18)25(33-5)27-26(24)35-16-36-27/h7-10,13H,6,11-12,14-16H2,1-5H3/q+1/b9-7+. The number of hydrogen-bond acceptors (Lipinski definition) is 8. The quantitative estimate of drug-likeness (QED) is 0.225. The van der Waals surface area contributed by atoms with Crippen molar-refractivity contribution in [2.75, 3.05) is 54.9 Å². The molecule has 0 aromatic heterocycles. The molecule has 1 unspecified atom stereocenters. The Kier molecular flexibility index (Phi) is 7.40. The van der Waals surface area contributed by atoms with Crippen LogP contribution in [0.3, 0.4) is 0 Å². The molecule has 0 saturated carbocycles. The number of likely N-dealkylation sites (N-methyl/N-ethyl adjacent to an activating group) is 1. The van der Waals surface area contributed by atoms with Gasteiger partial charge >= 0.3 is 5.97 Å². The van der Waals surface area contributed by atoms with Crippen molar-refractivity contribution in [2.24, 2.45) is 0 Å². The van der Waals surface area contributed by atoms with Gasteiger partial charge in [-0.2, -0.15) is 0 Å². The zero-order valence-corrected chi connectivity index (χ0v) is 21.3. The number of carbonyl (C=O) groups excluding carboxylic acids is 2. The van der Waals surface area contributed by atoms with E-state index in [9.17, 15) is 9.59 Å². The second kappa shape index (κ2) is 10.5. The molecule has 192 valence electrons. The van der Waals surface area contributed by atoms with Crippen molar-refractivity contribution < 1.29 is 42.5 Å². The Bertz CT molecular complexity index is 1200. The maximum Gasteiger partial charge on any atom is 0.361 e. The number of carbonyl (C=O) groups is 2. The van der Waals surface area contributed by atoms with Crippen LogP contribution in [0.15, 0.2) is 24.3 Å². The minimum Gasteiger partial charge on any atom is -0.493 e. The minimum absolute atomic E-state index is 0.00293. The number of ketones is 1. The SMILES string of the molecule is CCOc1ccc(/C=C/C(=O)c2c3c(c(OC)c4c2OCO4)C[N+](C)(CC(=O)OC)CC3)cc1OC. The first kappa shape index (κ1) is 25.4. The highest BCUT2D eigenvalue weighted by Crippen LogP contribution is 2.50. The van der Waals surface area contributed by atoms with Crippen molar-refractivity contribution in [2.45, 2.75) is 19.9 Å². The van der Waals surface area contributed by atoms with Crippen molar-refractivity contribution in [3.63, 3.8) is 0 Å². The number of methoxy groups -OCH3 is 3. The molecular weight excluding hydrogens is 466 g/mol. The Morgan fingerprint density at radius 2 is 1.83 bits per heavy atom. The van der Waals surface area contributed by atoms with Crippen molar-refractivity contribution in [1.29, 1.82) is 0 Å². The molecule has 9 nitrogen and oxygen atoms in total. The highest BCUT2D eigenvalue weighted by Gasteiger charge is 2.40. The summed E-state index contributed by atoms with van der Waals surface area (Å²) in [6, 6.07) is 5.50. The van der Waals surface area contributed by atoms with E-state index >= 15 is 0 Å². The maximum atomic E-state index is 13.6. The molecule has 0 spiro atoms. The average molecular weight is 499 g/mol. The molecule has 2 aromatic rings. The molecule has 2 heterocycles. The van der Waals surface area contributed by atoms with Gasteiger partial charge in [-0.25, -0.2) is 4.79 Å². The van der Waals surface area contributed by atoms with E-state index in [1.54, 1.807) is 20.3 Å². The van der Waals surface area contributed by atoms with E-state index in [1.807, 2.05) is 32.2 Å². The smallest absolute Gasteiger partial charge is 0.361 e. The number of hydrogen-bond donors (Lipinski definition) is 0. The molecule has 4 rings (SSSR count). The third-order valence-electron chi connectivity index (χ3n) is 6.53. The van der Waals surface area contributed by atoms with E-state index in [0.29, 0.717) is 64.9 Å². The number of rotatable bonds is 9. The monoisotopic (exact) mass is 498 g/mol. The van der Waals surface area contributed by atoms with Crippen LogP contribution in [0.25, 0.3) is 6.08 Å². The van der Waals surface area contributed by atoms with E-state index in [2.05, 4.69) is 0 Å². The van der Waals surface area contributed by atoms with Crippen LogP contribution in [0.4, 0.5) is 0 Å². The fourth-order valence-electron chi connectivity index (χ4n) is 4.79. The molecule has 0 amide bonds. The van der Waals surface area contributed by atoms with Gasteiger partial charge < -0.3 is 32.9 Å². The molecule has 0 saturated heterocycles. The van der Waals surface area contributed by atoms with E-state index < -0.39 is 0 Å². The molecule has 2 aliphatic heterocycles. The summed E-state index contributed by atoms with van der Waals surface area (Å²) in [6.07, 6.45) is 3.83. The molecule has 0 radical (unpaired) electrons. The van der Waals surface area contributed by atoms with Crippen molar-refractivity contribution in [3.05, 3.63) is 46.5 Å². The Hall–Kier alpha value is -3.72. The summed E-state index contributed by atoms with van der Waals surface area (Å²) < 4.78 is 33.5. The first-order chi connectivity index (χ1) is 17.3. The highest BCUT2D eigenvalue weighted by molar-refractivity contribution is 6.11. The van der Waals surface area contributed by atoms with Crippen LogP contribution in [-0.2, 0) is 22.5 Å². The summed E-state index contributed by atoms with van der Waals surface area (Å²) in [7, 11) is 6.52. The lowest BCUT2D eigenvalue weighted by Gasteiger charge is -2.38. The molecule has 0 N–H and O–H groups in total. The number of allylic oxidation sites excluding steroid dienone is 1. The fourth-order valence-corrected chi connectivity index (χ4v) is 4.79. The maximum absolute atomic E-state index is 13.6. The molecule has 0 aliphatic carbocycles. The van der Waals surface area contributed by atoms with E-state index in [1.165, 1.54) is 13.2 Å². The highest BCUT2D eigenvalue weighted by atomic mass is 16.7. The van der Waals surface area contributed by atoms with Crippen LogP contribution in [0.5, 0.6) is 28.7 Å². The summed E-state index contributed by atoms with van der Waals surface area (Å²) in [5, 5.41) is 0. The van der Waals surface area contributed by atoms with Gasteiger partial charge in [-0.1, -0.05) is 12.1 Å². The molecule has 0 fully saturated rings. The molecular formula is C27H32NO8+. The van der Waals surface area contributed by atoms with Gasteiger partial charge in [0.15, 0.2) is 35.3 Å². The van der Waals surface area contributed by atoms with Gasteiger partial charge in [0.05, 0.1) is 52.7 Å². The van der Waals surface area contributed by atoms with Crippen molar-refractivity contribution in [3.8, 4) is 28.7 Å². The molecule has 2 aliphatic rings. The second-order valence-electron chi connectivity index (χ2n) is 8.96. The van der Waals surface area contributed by atoms with Crippen LogP contribution in [0.2, 0.25) is 0 Å². The Morgan fingerprint density at radius 3 is 2.53 bits per heavy atom. The number of benzene rings is 2. The molecule has 2 aromatic carbocycles. The third kappa shape index (κ3) is 4.83. The summed E-state index contributed by atoms with van der Waals surface area (Å²) >= 11 is 0. The summed E-state index contributed by atoms with van der Waals surface area (Å²) in [6.45, 7) is 3.80. The number of nitrogens with zero attached hydrogens (tertiary/aromatic N) is 1. The van der Waals surface area contributed by atoms with Crippen LogP contribution in [0.1, 0.15) is 34.0 Å². The van der Waals surface area contributed by atoms with Crippen LogP contribution in [0, 0.1) is 0 Å². The minimum atomic E-state index is -0.286. The van der Waals surface area contributed by atoms with Gasteiger partial charge in [0.2, 0.25) is 12.5 Å². The third-order valence-corrected chi connectivity index (χ3v) is 6.53. The normalized spacial score (nSPS) is 18.0. The van der Waals surface area contributed by atoms with Crippen LogP contribution < -0.4 is 23.7 Å². The van der Waals surface area contributed by atoms with E-state index in [-0.39, 0.29) is 25.1 Å².